The summed E-state index contributed by atoms with van der Waals surface area (Å²) >= 11 is 0. The number of hydrogen-bond acceptors (Lipinski definition) is 6. The van der Waals surface area contributed by atoms with Crippen molar-refractivity contribution >= 4 is 17.3 Å². The van der Waals surface area contributed by atoms with Crippen molar-refractivity contribution in [3.8, 4) is 17.0 Å². The number of hydrogen-bond donors (Lipinski definition) is 2. The van der Waals surface area contributed by atoms with Crippen molar-refractivity contribution in [2.75, 3.05) is 33.4 Å². The Morgan fingerprint density at radius 1 is 1.10 bits per heavy atom. The molecule has 0 radical (unpaired) electrons. The third-order valence-electron chi connectivity index (χ3n) is 4.74. The Bertz CT molecular complexity index is 902. The molecule has 2 aliphatic heterocycles. The van der Waals surface area contributed by atoms with Crippen LogP contribution in [-0.4, -0.2) is 64.8 Å². The molecule has 7 nitrogen and oxygen atoms in total. The van der Waals surface area contributed by atoms with Crippen molar-refractivity contribution in [2.45, 2.75) is 25.7 Å². The molecule has 0 amide bonds. The number of carbonyl (C=O) groups is 1. The second-order valence-electron chi connectivity index (χ2n) is 7.23. The number of para-hydroxylation sites is 1. The summed E-state index contributed by atoms with van der Waals surface area (Å²) in [6.07, 6.45) is 9.03. The molecule has 5 rings (SSSR count). The van der Waals surface area contributed by atoms with Crippen molar-refractivity contribution in [3.63, 3.8) is 0 Å². The first-order valence-electron chi connectivity index (χ1n) is 10.6. The number of aromatic hydroxyl groups is 1. The molecule has 3 aromatic rings. The molecule has 7 heteroatoms. The highest BCUT2D eigenvalue weighted by Gasteiger charge is 2.06. The van der Waals surface area contributed by atoms with Crippen LogP contribution in [0.2, 0.25) is 0 Å². The summed E-state index contributed by atoms with van der Waals surface area (Å²) in [6, 6.07) is 10.9. The van der Waals surface area contributed by atoms with Crippen molar-refractivity contribution < 1.29 is 14.6 Å². The molecule has 4 heterocycles. The van der Waals surface area contributed by atoms with Gasteiger partial charge in [-0.05, 0) is 76.2 Å². The van der Waals surface area contributed by atoms with E-state index in [2.05, 4.69) is 33.7 Å². The topological polar surface area (TPSA) is 91.3 Å². The Labute approximate surface area is 183 Å². The monoisotopic (exact) mass is 424 g/mol. The van der Waals surface area contributed by atoms with Crippen LogP contribution in [0.25, 0.3) is 22.3 Å². The normalized spacial score (nSPS) is 15.0. The average Bonchev–Trinajstić information content (AvgIpc) is 3.58. The van der Waals surface area contributed by atoms with E-state index >= 15 is 0 Å². The lowest BCUT2D eigenvalue weighted by atomic mass is 10.1. The lowest BCUT2D eigenvalue weighted by Crippen LogP contribution is -2.10. The van der Waals surface area contributed by atoms with E-state index in [1.807, 2.05) is 30.5 Å². The minimum absolute atomic E-state index is 0.215. The van der Waals surface area contributed by atoms with E-state index in [0.717, 1.165) is 24.2 Å². The number of carbonyl (C=O) groups excluding carboxylic acids is 1. The molecular weight excluding hydrogens is 392 g/mol. The van der Waals surface area contributed by atoms with Gasteiger partial charge in [-0.2, -0.15) is 0 Å². The number of allylic oxidation sites excluding steroid dienone is 1. The number of rotatable bonds is 2. The number of phenolic OH excluding ortho intramolecular Hbond substituents is 1. The van der Waals surface area contributed by atoms with Crippen LogP contribution in [0.4, 0.5) is 0 Å². The molecular formula is C24H32N4O3. The van der Waals surface area contributed by atoms with Crippen LogP contribution in [0.5, 0.6) is 5.75 Å². The number of ether oxygens (including phenoxy) is 1. The zero-order valence-corrected chi connectivity index (χ0v) is 18.2. The van der Waals surface area contributed by atoms with Crippen molar-refractivity contribution in [1.82, 2.24) is 20.1 Å². The van der Waals surface area contributed by atoms with E-state index in [9.17, 15) is 5.11 Å². The molecule has 2 aromatic heterocycles. The number of aldehydes is 1. The highest BCUT2D eigenvalue weighted by Crippen LogP contribution is 2.27. The minimum Gasteiger partial charge on any atom is -0.507 e. The van der Waals surface area contributed by atoms with Gasteiger partial charge >= 0.3 is 0 Å². The van der Waals surface area contributed by atoms with Crippen LogP contribution in [0, 0.1) is 0 Å². The summed E-state index contributed by atoms with van der Waals surface area (Å²) in [5.74, 6) is 0.215. The van der Waals surface area contributed by atoms with Crippen LogP contribution in [0.3, 0.4) is 0 Å². The Kier molecular flexibility index (Phi) is 11.0. The molecule has 31 heavy (non-hydrogen) atoms. The van der Waals surface area contributed by atoms with Crippen LogP contribution >= 0.6 is 0 Å². The van der Waals surface area contributed by atoms with Gasteiger partial charge in [0.15, 0.2) is 5.65 Å². The number of aromatic nitrogens is 3. The van der Waals surface area contributed by atoms with Crippen molar-refractivity contribution in [3.05, 3.63) is 55.3 Å². The van der Waals surface area contributed by atoms with Gasteiger partial charge in [0.1, 0.15) is 12.0 Å². The highest BCUT2D eigenvalue weighted by atomic mass is 16.5. The van der Waals surface area contributed by atoms with Gasteiger partial charge in [0, 0.05) is 30.4 Å². The van der Waals surface area contributed by atoms with E-state index in [-0.39, 0.29) is 5.75 Å². The summed E-state index contributed by atoms with van der Waals surface area (Å²) in [5, 5.41) is 18.8. The van der Waals surface area contributed by atoms with E-state index < -0.39 is 0 Å². The Hall–Kier alpha value is -3.03. The van der Waals surface area contributed by atoms with Gasteiger partial charge in [-0.1, -0.05) is 18.7 Å². The zero-order valence-electron chi connectivity index (χ0n) is 18.2. The second kappa shape index (κ2) is 14.1. The Balaban J connectivity index is 0.000000186. The van der Waals surface area contributed by atoms with Crippen LogP contribution < -0.4 is 0 Å². The third kappa shape index (κ3) is 8.70. The van der Waals surface area contributed by atoms with E-state index in [1.165, 1.54) is 44.8 Å². The van der Waals surface area contributed by atoms with Gasteiger partial charge in [-0.3, -0.25) is 4.79 Å². The van der Waals surface area contributed by atoms with E-state index in [0.29, 0.717) is 17.5 Å². The molecule has 2 aliphatic rings. The fourth-order valence-electron chi connectivity index (χ4n) is 3.06. The van der Waals surface area contributed by atoms with Gasteiger partial charge < -0.3 is 19.7 Å². The second-order valence-corrected chi connectivity index (χ2v) is 7.23. The summed E-state index contributed by atoms with van der Waals surface area (Å²) in [7, 11) is 2.17. The van der Waals surface area contributed by atoms with E-state index in [1.54, 1.807) is 12.1 Å². The van der Waals surface area contributed by atoms with Gasteiger partial charge in [-0.15, -0.1) is 10.2 Å². The summed E-state index contributed by atoms with van der Waals surface area (Å²) < 4.78 is 4.94. The molecule has 0 bridgehead atoms. The number of likely N-dealkylation sites (tertiary alicyclic amines) is 1. The van der Waals surface area contributed by atoms with Crippen molar-refractivity contribution in [1.29, 1.82) is 0 Å². The Morgan fingerprint density at radius 2 is 1.77 bits per heavy atom. The first-order valence-corrected chi connectivity index (χ1v) is 10.6. The molecule has 1 aromatic carbocycles. The maximum absolute atomic E-state index is 9.71. The number of aromatic amines is 1. The van der Waals surface area contributed by atoms with Gasteiger partial charge in [0.25, 0.3) is 0 Å². The number of benzene rings is 1. The fourth-order valence-corrected chi connectivity index (χ4v) is 3.06. The molecule has 2 N–H and O–H groups in total. The molecule has 0 spiro atoms. The SMILES string of the molecule is C1CCOC1.C=CC=O.CN1CCCC1.Oc1ccccc1-c1cc2cc[nH]c2nn1. The highest BCUT2D eigenvalue weighted by molar-refractivity contribution is 5.80. The average molecular weight is 425 g/mol. The predicted molar refractivity (Wildman–Crippen MR) is 124 cm³/mol. The lowest BCUT2D eigenvalue weighted by molar-refractivity contribution is -0.104. The summed E-state index contributed by atoms with van der Waals surface area (Å²) in [4.78, 5) is 14.4. The smallest absolute Gasteiger partial charge is 0.159 e. The molecule has 0 unspecified atom stereocenters. The quantitative estimate of drug-likeness (QED) is 0.473. The maximum Gasteiger partial charge on any atom is 0.159 e. The number of nitrogens with zero attached hydrogens (tertiary/aromatic N) is 3. The zero-order chi connectivity index (χ0) is 22.3. The molecule has 0 atom stereocenters. The van der Waals surface area contributed by atoms with Gasteiger partial charge in [-0.25, -0.2) is 0 Å². The largest absolute Gasteiger partial charge is 0.507 e. The van der Waals surface area contributed by atoms with Crippen molar-refractivity contribution in [2.24, 2.45) is 0 Å². The summed E-state index contributed by atoms with van der Waals surface area (Å²) in [6.45, 7) is 7.75. The number of phenols is 1. The minimum atomic E-state index is 0.215. The molecule has 2 fully saturated rings. The first kappa shape index (κ1) is 24.2. The molecule has 0 aliphatic carbocycles. The van der Waals surface area contributed by atoms with Crippen LogP contribution in [-0.2, 0) is 9.53 Å². The fraction of sp³-hybridized carbons (Fsp3) is 0.375. The first-order chi connectivity index (χ1) is 15.2. The molecule has 0 saturated carbocycles. The number of H-pyrrole nitrogens is 1. The lowest BCUT2D eigenvalue weighted by Gasteiger charge is -2.02. The number of nitrogens with one attached hydrogen (secondary N) is 1. The van der Waals surface area contributed by atoms with Crippen LogP contribution in [0.1, 0.15) is 25.7 Å². The maximum atomic E-state index is 9.71. The summed E-state index contributed by atoms with van der Waals surface area (Å²) in [5.41, 5.74) is 2.11. The van der Waals surface area contributed by atoms with E-state index in [4.69, 9.17) is 9.53 Å². The standard InChI is InChI=1S/C12H9N3O.C5H11N.C4H8O.C3H4O/c16-11-4-2-1-3-9(11)10-7-8-5-6-13-12(8)15-14-10;1-6-4-2-3-5-6;1-2-4-5-3-1;1-2-3-4/h1-7,16H,(H,13,15);2-5H2,1H3;1-4H2;2-3H,1H2. The number of fused-ring (bicyclic) bond motifs is 1. The third-order valence-corrected chi connectivity index (χ3v) is 4.74. The van der Waals surface area contributed by atoms with Gasteiger partial charge in [0.05, 0.1) is 5.69 Å². The van der Waals surface area contributed by atoms with Crippen LogP contribution in [0.15, 0.2) is 55.3 Å². The Morgan fingerprint density at radius 3 is 2.29 bits per heavy atom. The predicted octanol–water partition coefficient (Wildman–Crippen LogP) is 4.21. The van der Waals surface area contributed by atoms with Gasteiger partial charge in [0.2, 0.25) is 0 Å². The molecule has 2 saturated heterocycles. The molecule has 166 valence electrons.